The van der Waals surface area contributed by atoms with Gasteiger partial charge in [-0.2, -0.15) is 0 Å². The number of hydrogen-bond donors (Lipinski definition) is 2. The van der Waals surface area contributed by atoms with E-state index in [2.05, 4.69) is 20.2 Å². The second-order valence-corrected chi connectivity index (χ2v) is 7.70. The zero-order chi connectivity index (χ0) is 16.9. The molecule has 9 heteroatoms. The summed E-state index contributed by atoms with van der Waals surface area (Å²) < 4.78 is 25.5. The van der Waals surface area contributed by atoms with E-state index in [1.54, 1.807) is 12.1 Å². The van der Waals surface area contributed by atoms with E-state index in [0.717, 1.165) is 17.0 Å². The topological polar surface area (TPSA) is 101 Å². The fourth-order valence-electron chi connectivity index (χ4n) is 1.84. The lowest BCUT2D eigenvalue weighted by Crippen LogP contribution is -2.18. The molecule has 0 spiro atoms. The maximum atomic E-state index is 11.9. The third-order valence-corrected chi connectivity index (χ3v) is 5.57. The van der Waals surface area contributed by atoms with E-state index < -0.39 is 10.0 Å². The van der Waals surface area contributed by atoms with Crippen molar-refractivity contribution in [3.05, 3.63) is 34.8 Å². The van der Waals surface area contributed by atoms with E-state index in [4.69, 9.17) is 0 Å². The van der Waals surface area contributed by atoms with Gasteiger partial charge in [-0.15, -0.1) is 10.2 Å². The van der Waals surface area contributed by atoms with Crippen LogP contribution in [-0.2, 0) is 27.7 Å². The Morgan fingerprint density at radius 2 is 1.91 bits per heavy atom. The molecule has 1 heterocycles. The summed E-state index contributed by atoms with van der Waals surface area (Å²) in [7, 11) is -2.06. The first kappa shape index (κ1) is 17.5. The number of nitrogens with one attached hydrogen (secondary N) is 2. The number of anilines is 1. The van der Waals surface area contributed by atoms with Crippen molar-refractivity contribution < 1.29 is 13.2 Å². The highest BCUT2D eigenvalue weighted by atomic mass is 32.2. The minimum absolute atomic E-state index is 0.143. The van der Waals surface area contributed by atoms with Crippen LogP contribution in [0.3, 0.4) is 0 Å². The lowest BCUT2D eigenvalue weighted by molar-refractivity contribution is -0.116. The van der Waals surface area contributed by atoms with Gasteiger partial charge < -0.3 is 5.32 Å². The molecule has 0 saturated heterocycles. The molecule has 0 aliphatic carbocycles. The number of carbonyl (C=O) groups is 1. The second-order valence-electron chi connectivity index (χ2n) is 4.75. The van der Waals surface area contributed by atoms with Crippen molar-refractivity contribution in [2.24, 2.45) is 0 Å². The van der Waals surface area contributed by atoms with Crippen molar-refractivity contribution in [2.45, 2.75) is 31.1 Å². The van der Waals surface area contributed by atoms with Crippen LogP contribution in [0.1, 0.15) is 23.9 Å². The Morgan fingerprint density at radius 1 is 1.22 bits per heavy atom. The molecule has 0 unspecified atom stereocenters. The van der Waals surface area contributed by atoms with Gasteiger partial charge in [0.15, 0.2) is 0 Å². The molecule has 1 amide bonds. The van der Waals surface area contributed by atoms with E-state index >= 15 is 0 Å². The van der Waals surface area contributed by atoms with Gasteiger partial charge in [0, 0.05) is 6.42 Å². The van der Waals surface area contributed by atoms with Crippen LogP contribution in [0.25, 0.3) is 0 Å². The normalized spacial score (nSPS) is 11.4. The number of hydrogen-bond acceptors (Lipinski definition) is 6. The van der Waals surface area contributed by atoms with E-state index in [9.17, 15) is 13.2 Å². The first-order valence-electron chi connectivity index (χ1n) is 7.09. The zero-order valence-electron chi connectivity index (χ0n) is 12.9. The number of benzene rings is 1. The summed E-state index contributed by atoms with van der Waals surface area (Å²) in [6, 6.07) is 6.46. The average Bonchev–Trinajstić information content (AvgIpc) is 3.01. The second kappa shape index (κ2) is 7.62. The molecule has 0 fully saturated rings. The molecule has 0 saturated carbocycles. The van der Waals surface area contributed by atoms with Gasteiger partial charge in [0.2, 0.25) is 21.1 Å². The highest BCUT2D eigenvalue weighted by Gasteiger charge is 2.11. The minimum Gasteiger partial charge on any atom is -0.301 e. The van der Waals surface area contributed by atoms with Gasteiger partial charge in [-0.3, -0.25) is 4.79 Å². The number of sulfonamides is 1. The predicted octanol–water partition coefficient (Wildman–Crippen LogP) is 1.58. The number of aromatic nitrogens is 2. The first-order chi connectivity index (χ1) is 10.9. The standard InChI is InChI=1S/C14H18N4O3S2/c1-3-13-17-18-14(22-13)16-12(19)9-6-10-4-7-11(8-5-10)23(20,21)15-2/h4-5,7-8,15H,3,6,9H2,1-2H3,(H,16,18,19). The van der Waals surface area contributed by atoms with Crippen LogP contribution in [0.15, 0.2) is 29.2 Å². The average molecular weight is 354 g/mol. The largest absolute Gasteiger partial charge is 0.301 e. The maximum Gasteiger partial charge on any atom is 0.240 e. The Balaban J connectivity index is 1.89. The molecule has 0 radical (unpaired) electrons. The van der Waals surface area contributed by atoms with Crippen LogP contribution in [0.4, 0.5) is 5.13 Å². The molecule has 7 nitrogen and oxygen atoms in total. The third kappa shape index (κ3) is 4.81. The molecule has 1 aromatic heterocycles. The van der Waals surface area contributed by atoms with Crippen LogP contribution in [0, 0.1) is 0 Å². The van der Waals surface area contributed by atoms with Gasteiger partial charge in [0.05, 0.1) is 4.90 Å². The van der Waals surface area contributed by atoms with Crippen molar-refractivity contribution in [1.29, 1.82) is 0 Å². The number of amides is 1. The van der Waals surface area contributed by atoms with Gasteiger partial charge in [0.1, 0.15) is 5.01 Å². The molecule has 0 aliphatic heterocycles. The van der Waals surface area contributed by atoms with Gasteiger partial charge in [-0.1, -0.05) is 30.4 Å². The Hall–Kier alpha value is -1.84. The molecule has 0 bridgehead atoms. The van der Waals surface area contributed by atoms with Crippen LogP contribution in [-0.4, -0.2) is 31.6 Å². The number of aryl methyl sites for hydroxylation is 2. The van der Waals surface area contributed by atoms with Gasteiger partial charge in [0.25, 0.3) is 0 Å². The summed E-state index contributed by atoms with van der Waals surface area (Å²) in [4.78, 5) is 12.1. The molecule has 124 valence electrons. The number of rotatable bonds is 7. The van der Waals surface area contributed by atoms with Gasteiger partial charge in [-0.05, 0) is 37.6 Å². The van der Waals surface area contributed by atoms with E-state index in [1.165, 1.54) is 30.5 Å². The number of carbonyl (C=O) groups excluding carboxylic acids is 1. The van der Waals surface area contributed by atoms with E-state index in [-0.39, 0.29) is 10.8 Å². The fraction of sp³-hybridized carbons (Fsp3) is 0.357. The quantitative estimate of drug-likeness (QED) is 0.786. The maximum absolute atomic E-state index is 11.9. The summed E-state index contributed by atoms with van der Waals surface area (Å²) >= 11 is 1.36. The molecular formula is C14H18N4O3S2. The van der Waals surface area contributed by atoms with Crippen LogP contribution in [0.5, 0.6) is 0 Å². The SMILES string of the molecule is CCc1nnc(NC(=O)CCc2ccc(S(=O)(=O)NC)cc2)s1. The van der Waals surface area contributed by atoms with Crippen LogP contribution < -0.4 is 10.0 Å². The Labute approximate surface area is 139 Å². The highest BCUT2D eigenvalue weighted by molar-refractivity contribution is 7.89. The summed E-state index contributed by atoms with van der Waals surface area (Å²) in [6.45, 7) is 1.98. The fourth-order valence-corrected chi connectivity index (χ4v) is 3.27. The predicted molar refractivity (Wildman–Crippen MR) is 88.9 cm³/mol. The van der Waals surface area contributed by atoms with Crippen LogP contribution >= 0.6 is 11.3 Å². The molecule has 1 aromatic carbocycles. The van der Waals surface area contributed by atoms with Crippen molar-refractivity contribution >= 4 is 32.4 Å². The third-order valence-electron chi connectivity index (χ3n) is 3.16. The van der Waals surface area contributed by atoms with Crippen molar-refractivity contribution in [1.82, 2.24) is 14.9 Å². The minimum atomic E-state index is -3.43. The monoisotopic (exact) mass is 354 g/mol. The summed E-state index contributed by atoms with van der Waals surface area (Å²) in [6.07, 6.45) is 1.60. The summed E-state index contributed by atoms with van der Waals surface area (Å²) in [5.41, 5.74) is 0.890. The van der Waals surface area contributed by atoms with Crippen molar-refractivity contribution in [3.63, 3.8) is 0 Å². The van der Waals surface area contributed by atoms with Gasteiger partial charge in [-0.25, -0.2) is 13.1 Å². The Kier molecular flexibility index (Phi) is 5.80. The highest BCUT2D eigenvalue weighted by Crippen LogP contribution is 2.16. The number of nitrogens with zero attached hydrogens (tertiary/aromatic N) is 2. The van der Waals surface area contributed by atoms with Crippen molar-refractivity contribution in [2.75, 3.05) is 12.4 Å². The van der Waals surface area contributed by atoms with Crippen molar-refractivity contribution in [3.8, 4) is 0 Å². The molecule has 0 aliphatic rings. The Bertz CT molecular complexity index is 770. The lowest BCUT2D eigenvalue weighted by atomic mass is 10.1. The summed E-state index contributed by atoms with van der Waals surface area (Å²) in [5, 5.41) is 11.9. The molecule has 2 aromatic rings. The Morgan fingerprint density at radius 3 is 2.48 bits per heavy atom. The smallest absolute Gasteiger partial charge is 0.240 e. The molecule has 23 heavy (non-hydrogen) atoms. The van der Waals surface area contributed by atoms with E-state index in [0.29, 0.717) is 18.0 Å². The molecule has 2 N–H and O–H groups in total. The van der Waals surface area contributed by atoms with Crippen LogP contribution in [0.2, 0.25) is 0 Å². The van der Waals surface area contributed by atoms with Gasteiger partial charge >= 0.3 is 0 Å². The van der Waals surface area contributed by atoms with E-state index in [1.807, 2.05) is 6.92 Å². The molecular weight excluding hydrogens is 336 g/mol. The lowest BCUT2D eigenvalue weighted by Gasteiger charge is -2.05. The zero-order valence-corrected chi connectivity index (χ0v) is 14.5. The molecule has 0 atom stereocenters. The first-order valence-corrected chi connectivity index (χ1v) is 9.39. The summed E-state index contributed by atoms with van der Waals surface area (Å²) in [5.74, 6) is -0.143. The molecule has 2 rings (SSSR count).